The fraction of sp³-hybridized carbons (Fsp3) is 0.261. The van der Waals surface area contributed by atoms with Crippen molar-refractivity contribution in [3.05, 3.63) is 54.1 Å². The van der Waals surface area contributed by atoms with Crippen LogP contribution < -0.4 is 14.8 Å². The van der Waals surface area contributed by atoms with Gasteiger partial charge >= 0.3 is 0 Å². The second-order valence-corrected chi connectivity index (χ2v) is 6.97. The van der Waals surface area contributed by atoms with E-state index in [1.165, 1.54) is 0 Å². The summed E-state index contributed by atoms with van der Waals surface area (Å²) < 4.78 is 11.2. The highest BCUT2D eigenvalue weighted by Crippen LogP contribution is 2.42. The monoisotopic (exact) mass is 376 g/mol. The summed E-state index contributed by atoms with van der Waals surface area (Å²) in [5.41, 5.74) is 4.41. The van der Waals surface area contributed by atoms with Crippen molar-refractivity contribution in [2.24, 2.45) is 0 Å². The number of hydrogen-bond acceptors (Lipinski definition) is 5. The lowest BCUT2D eigenvalue weighted by molar-refractivity contribution is 0.174. The highest BCUT2D eigenvalue weighted by molar-refractivity contribution is 5.80. The minimum absolute atomic E-state index is 0.215. The molecule has 4 rings (SSSR count). The van der Waals surface area contributed by atoms with E-state index in [0.717, 1.165) is 53.4 Å². The lowest BCUT2D eigenvalue weighted by Crippen LogP contribution is -2.04. The van der Waals surface area contributed by atoms with Gasteiger partial charge in [0.05, 0.1) is 5.69 Å². The molecule has 2 N–H and O–H groups in total. The van der Waals surface area contributed by atoms with Gasteiger partial charge in [-0.15, -0.1) is 0 Å². The van der Waals surface area contributed by atoms with E-state index < -0.39 is 0 Å². The molecule has 2 aromatic carbocycles. The predicted molar refractivity (Wildman–Crippen MR) is 111 cm³/mol. The molecule has 0 aliphatic carbocycles. The minimum atomic E-state index is 0.215. The number of nitrogens with zero attached hydrogens (tertiary/aromatic N) is 1. The fourth-order valence-corrected chi connectivity index (χ4v) is 3.32. The number of unbranched alkanes of at least 4 members (excludes halogenated alkanes) is 1. The van der Waals surface area contributed by atoms with Crippen molar-refractivity contribution in [3.8, 4) is 39.6 Å². The summed E-state index contributed by atoms with van der Waals surface area (Å²) in [7, 11) is 0. The molecule has 0 saturated carbocycles. The third kappa shape index (κ3) is 3.60. The van der Waals surface area contributed by atoms with Crippen LogP contribution >= 0.6 is 0 Å². The molecule has 0 saturated heterocycles. The molecule has 28 heavy (non-hydrogen) atoms. The van der Waals surface area contributed by atoms with Crippen molar-refractivity contribution in [1.82, 2.24) is 4.98 Å². The first-order valence-electron chi connectivity index (χ1n) is 9.60. The first kappa shape index (κ1) is 18.2. The van der Waals surface area contributed by atoms with Gasteiger partial charge < -0.3 is 19.9 Å². The van der Waals surface area contributed by atoms with Crippen LogP contribution in [0.2, 0.25) is 0 Å². The van der Waals surface area contributed by atoms with Gasteiger partial charge in [0, 0.05) is 17.7 Å². The van der Waals surface area contributed by atoms with Crippen LogP contribution in [0.3, 0.4) is 0 Å². The van der Waals surface area contributed by atoms with Gasteiger partial charge in [-0.1, -0.05) is 37.1 Å². The molecule has 0 bridgehead atoms. The zero-order valence-corrected chi connectivity index (χ0v) is 16.2. The SMILES string of the molecule is CCCCNc1cc(-c2cccc3c2OCO3)cc(-c2cc(C)ccc2O)n1. The number of phenols is 1. The van der Waals surface area contributed by atoms with Crippen LogP contribution in [0.1, 0.15) is 25.3 Å². The summed E-state index contributed by atoms with van der Waals surface area (Å²) in [5.74, 6) is 2.48. The van der Waals surface area contributed by atoms with E-state index in [0.29, 0.717) is 11.3 Å². The quantitative estimate of drug-likeness (QED) is 0.566. The molecule has 3 aromatic rings. The molecular formula is C23H24N2O3. The number of ether oxygens (including phenoxy) is 2. The number of pyridine rings is 1. The van der Waals surface area contributed by atoms with Crippen LogP contribution in [0.5, 0.6) is 17.2 Å². The summed E-state index contributed by atoms with van der Waals surface area (Å²) in [6, 6.07) is 15.4. The maximum atomic E-state index is 10.4. The van der Waals surface area contributed by atoms with Gasteiger partial charge in [-0.25, -0.2) is 4.98 Å². The van der Waals surface area contributed by atoms with Gasteiger partial charge in [-0.05, 0) is 49.2 Å². The summed E-state index contributed by atoms with van der Waals surface area (Å²) in [6.07, 6.45) is 2.17. The van der Waals surface area contributed by atoms with E-state index in [2.05, 4.69) is 12.2 Å². The second-order valence-electron chi connectivity index (χ2n) is 6.97. The molecule has 1 aromatic heterocycles. The third-order valence-electron chi connectivity index (χ3n) is 4.80. The number of fused-ring (bicyclic) bond motifs is 1. The topological polar surface area (TPSA) is 63.6 Å². The highest BCUT2D eigenvalue weighted by atomic mass is 16.7. The van der Waals surface area contributed by atoms with Crippen molar-refractivity contribution < 1.29 is 14.6 Å². The molecular weight excluding hydrogens is 352 g/mol. The second kappa shape index (κ2) is 7.80. The Labute approximate surface area is 165 Å². The first-order chi connectivity index (χ1) is 13.7. The van der Waals surface area contributed by atoms with E-state index >= 15 is 0 Å². The zero-order chi connectivity index (χ0) is 19.5. The predicted octanol–water partition coefficient (Wildman–Crippen LogP) is 5.37. The number of nitrogens with one attached hydrogen (secondary N) is 1. The molecule has 5 heteroatoms. The lowest BCUT2D eigenvalue weighted by atomic mass is 10.0. The molecule has 0 spiro atoms. The van der Waals surface area contributed by atoms with Crippen LogP contribution in [-0.2, 0) is 0 Å². The smallest absolute Gasteiger partial charge is 0.231 e. The number of phenolic OH excluding ortho intramolecular Hbond substituents is 1. The number of benzene rings is 2. The molecule has 0 radical (unpaired) electrons. The maximum Gasteiger partial charge on any atom is 0.231 e. The van der Waals surface area contributed by atoms with E-state index in [1.807, 2.05) is 49.4 Å². The molecule has 1 aliphatic heterocycles. The molecule has 0 atom stereocenters. The van der Waals surface area contributed by atoms with Gasteiger partial charge in [0.15, 0.2) is 11.5 Å². The molecule has 0 amide bonds. The van der Waals surface area contributed by atoms with Crippen molar-refractivity contribution in [3.63, 3.8) is 0 Å². The Kier molecular flexibility index (Phi) is 5.06. The number of aromatic nitrogens is 1. The Hall–Kier alpha value is -3.21. The summed E-state index contributed by atoms with van der Waals surface area (Å²) in [5, 5.41) is 13.8. The third-order valence-corrected chi connectivity index (χ3v) is 4.80. The number of rotatable bonds is 6. The number of aryl methyl sites for hydroxylation is 1. The summed E-state index contributed by atoms with van der Waals surface area (Å²) in [4.78, 5) is 4.75. The number of anilines is 1. The van der Waals surface area contributed by atoms with Crippen LogP contribution in [-0.4, -0.2) is 23.4 Å². The number of para-hydroxylation sites is 1. The van der Waals surface area contributed by atoms with Crippen LogP contribution in [0.15, 0.2) is 48.5 Å². The average Bonchev–Trinajstić information content (AvgIpc) is 3.19. The zero-order valence-electron chi connectivity index (χ0n) is 16.2. The molecule has 0 unspecified atom stereocenters. The van der Waals surface area contributed by atoms with Gasteiger partial charge in [0.25, 0.3) is 0 Å². The van der Waals surface area contributed by atoms with Gasteiger partial charge in [-0.2, -0.15) is 0 Å². The Morgan fingerprint density at radius 2 is 1.96 bits per heavy atom. The Bertz CT molecular complexity index is 1000. The van der Waals surface area contributed by atoms with Gasteiger partial charge in [0.2, 0.25) is 6.79 Å². The van der Waals surface area contributed by atoms with Crippen LogP contribution in [0, 0.1) is 6.92 Å². The van der Waals surface area contributed by atoms with E-state index in [1.54, 1.807) is 6.07 Å². The molecule has 5 nitrogen and oxygen atoms in total. The lowest BCUT2D eigenvalue weighted by Gasteiger charge is -2.13. The van der Waals surface area contributed by atoms with E-state index in [-0.39, 0.29) is 12.5 Å². The van der Waals surface area contributed by atoms with Crippen molar-refractivity contribution >= 4 is 5.82 Å². The molecule has 144 valence electrons. The van der Waals surface area contributed by atoms with Gasteiger partial charge in [-0.3, -0.25) is 0 Å². The molecule has 1 aliphatic rings. The van der Waals surface area contributed by atoms with E-state index in [9.17, 15) is 5.11 Å². The van der Waals surface area contributed by atoms with Crippen LogP contribution in [0.4, 0.5) is 5.82 Å². The molecule has 2 heterocycles. The Balaban J connectivity index is 1.83. The van der Waals surface area contributed by atoms with Crippen LogP contribution in [0.25, 0.3) is 22.4 Å². The van der Waals surface area contributed by atoms with Crippen molar-refractivity contribution in [1.29, 1.82) is 0 Å². The first-order valence-corrected chi connectivity index (χ1v) is 9.60. The minimum Gasteiger partial charge on any atom is -0.507 e. The fourth-order valence-electron chi connectivity index (χ4n) is 3.32. The normalized spacial score (nSPS) is 12.2. The van der Waals surface area contributed by atoms with Crippen molar-refractivity contribution in [2.75, 3.05) is 18.7 Å². The highest BCUT2D eigenvalue weighted by Gasteiger charge is 2.20. The Morgan fingerprint density at radius 3 is 2.82 bits per heavy atom. The van der Waals surface area contributed by atoms with Crippen molar-refractivity contribution in [2.45, 2.75) is 26.7 Å². The maximum absolute atomic E-state index is 10.4. The molecule has 0 fully saturated rings. The number of aromatic hydroxyl groups is 1. The number of hydrogen-bond donors (Lipinski definition) is 2. The average molecular weight is 376 g/mol. The van der Waals surface area contributed by atoms with Gasteiger partial charge in [0.1, 0.15) is 11.6 Å². The summed E-state index contributed by atoms with van der Waals surface area (Å²) >= 11 is 0. The Morgan fingerprint density at radius 1 is 1.07 bits per heavy atom. The largest absolute Gasteiger partial charge is 0.507 e. The standard InChI is InChI=1S/C23H24N2O3/c1-3-4-10-24-22-13-16(17-6-5-7-21-23(17)28-14-27-21)12-19(25-22)18-11-15(2)8-9-20(18)26/h5-9,11-13,26H,3-4,10,14H2,1-2H3,(H,24,25). The van der Waals surface area contributed by atoms with E-state index in [4.69, 9.17) is 14.5 Å². The summed E-state index contributed by atoms with van der Waals surface area (Å²) in [6.45, 7) is 5.23.